The first-order valence-corrected chi connectivity index (χ1v) is 33.8. The summed E-state index contributed by atoms with van der Waals surface area (Å²) < 4.78 is 64.4. The fourth-order valence-corrected chi connectivity index (χ4v) is 19.3. The van der Waals surface area contributed by atoms with Gasteiger partial charge in [0.2, 0.25) is 5.75 Å². The van der Waals surface area contributed by atoms with Gasteiger partial charge in [-0.25, -0.2) is 9.59 Å². The van der Waals surface area contributed by atoms with Crippen molar-refractivity contribution < 1.29 is 80.6 Å². The van der Waals surface area contributed by atoms with Gasteiger partial charge in [0.25, 0.3) is 5.91 Å². The molecule has 0 aromatic heterocycles. The highest BCUT2D eigenvalue weighted by molar-refractivity contribution is 6.74. The molecule has 18 nitrogen and oxygen atoms in total. The van der Waals surface area contributed by atoms with E-state index in [9.17, 15) is 19.5 Å². The van der Waals surface area contributed by atoms with Crippen LogP contribution in [0.5, 0.6) is 17.2 Å². The summed E-state index contributed by atoms with van der Waals surface area (Å²) in [6.07, 6.45) is -8.99. The molecular weight excluding hydrogens is 1090 g/mol. The van der Waals surface area contributed by atoms with Gasteiger partial charge in [0.15, 0.2) is 51.7 Å². The van der Waals surface area contributed by atoms with Crippen LogP contribution in [-0.2, 0) is 51.7 Å². The summed E-state index contributed by atoms with van der Waals surface area (Å²) in [7, 11) is -1.32. The molecule has 3 aromatic rings. The lowest BCUT2D eigenvalue weighted by Gasteiger charge is -2.68. The van der Waals surface area contributed by atoms with Crippen molar-refractivity contribution in [3.8, 4) is 17.2 Å². The minimum absolute atomic E-state index is 0.0457. The van der Waals surface area contributed by atoms with Gasteiger partial charge in [-0.05, 0) is 91.1 Å². The molecule has 0 spiro atoms. The lowest BCUT2D eigenvalue weighted by molar-refractivity contribution is -0.344. The van der Waals surface area contributed by atoms with Crippen LogP contribution in [0.4, 0.5) is 0 Å². The number of amides is 1. The molecule has 2 N–H and O–H groups in total. The number of carbonyl (C=O) groups is 6. The highest BCUT2D eigenvalue weighted by Gasteiger charge is 2.79. The Morgan fingerprint density at radius 1 is 0.744 bits per heavy atom. The number of ketones is 1. The van der Waals surface area contributed by atoms with Crippen LogP contribution in [0.2, 0.25) is 36.3 Å². The van der Waals surface area contributed by atoms with Gasteiger partial charge in [-0.2, -0.15) is 0 Å². The van der Waals surface area contributed by atoms with Crippen LogP contribution in [0.1, 0.15) is 128 Å². The number of hydrogen-bond acceptors (Lipinski definition) is 17. The molecule has 4 aliphatic rings. The fraction of sp³-hybridized carbons (Fsp3) is 0.581. The zero-order valence-corrected chi connectivity index (χ0v) is 52.4. The van der Waals surface area contributed by atoms with Crippen molar-refractivity contribution in [2.45, 2.75) is 186 Å². The van der Waals surface area contributed by atoms with Crippen molar-refractivity contribution >= 4 is 52.2 Å². The molecule has 11 atom stereocenters. The van der Waals surface area contributed by atoms with Crippen LogP contribution < -0.4 is 19.5 Å². The largest absolute Gasteiger partial charge is 0.493 e. The lowest BCUT2D eigenvalue weighted by atomic mass is 9.44. The Balaban J connectivity index is 1.52. The fourth-order valence-electron chi connectivity index (χ4n) is 13.6. The summed E-state index contributed by atoms with van der Waals surface area (Å²) in [5, 5.41) is 17.8. The van der Waals surface area contributed by atoms with Gasteiger partial charge in [-0.15, -0.1) is 0 Å². The van der Waals surface area contributed by atoms with Crippen LogP contribution >= 0.6 is 0 Å². The third-order valence-electron chi connectivity index (χ3n) is 19.0. The Hall–Kier alpha value is -5.91. The van der Waals surface area contributed by atoms with Crippen molar-refractivity contribution in [3.63, 3.8) is 0 Å². The van der Waals surface area contributed by atoms with E-state index < -0.39 is 129 Å². The SMILES string of the molecule is CC[Si](CC)(CC)O[C@H]1C[C@H]2OC[C@@]2(OC(C)=O)[C@H]2[C@H](OC(=O)c3cc(OC)c(OC)c(OC)c3)[C@]3(O)C[C@H](OC(=O)[C@H](O[Si](CC)(CC)CC)[C@@H](NC(=O)c4ccccc4)c4ccccc4)C(C)=C([C@@H](OC(C)=O)C(=O)[C@]12C)C3(C)C. The van der Waals surface area contributed by atoms with Crippen LogP contribution in [0.25, 0.3) is 0 Å². The first-order valence-electron chi connectivity index (χ1n) is 28.8. The number of esters is 4. The zero-order chi connectivity index (χ0) is 60.3. The number of aliphatic hydroxyl groups is 1. The maximum Gasteiger partial charge on any atom is 0.338 e. The number of benzene rings is 3. The zero-order valence-electron chi connectivity index (χ0n) is 50.4. The van der Waals surface area contributed by atoms with Crippen molar-refractivity contribution in [1.82, 2.24) is 5.32 Å². The highest BCUT2D eigenvalue weighted by atomic mass is 28.4. The van der Waals surface area contributed by atoms with E-state index in [-0.39, 0.29) is 47.0 Å². The van der Waals surface area contributed by atoms with Gasteiger partial charge < -0.3 is 57.2 Å². The number of rotatable bonds is 23. The molecule has 0 unspecified atom stereocenters. The number of methoxy groups -OCH3 is 3. The van der Waals surface area contributed by atoms with Gasteiger partial charge in [0.1, 0.15) is 23.9 Å². The van der Waals surface area contributed by atoms with Crippen LogP contribution in [0, 0.1) is 16.7 Å². The predicted octanol–water partition coefficient (Wildman–Crippen LogP) is 9.82. The van der Waals surface area contributed by atoms with Crippen molar-refractivity contribution in [1.29, 1.82) is 0 Å². The molecule has 3 aromatic carbocycles. The van der Waals surface area contributed by atoms with Crippen molar-refractivity contribution in [2.75, 3.05) is 27.9 Å². The second kappa shape index (κ2) is 25.1. The number of carbonyl (C=O) groups excluding carboxylic acids is 6. The van der Waals surface area contributed by atoms with Gasteiger partial charge in [-0.3, -0.25) is 19.2 Å². The van der Waals surface area contributed by atoms with Gasteiger partial charge in [0, 0.05) is 37.7 Å². The summed E-state index contributed by atoms with van der Waals surface area (Å²) in [6, 6.07) is 23.1. The molecule has 20 heteroatoms. The summed E-state index contributed by atoms with van der Waals surface area (Å²) in [5.74, 6) is -5.73. The molecule has 3 fully saturated rings. The van der Waals surface area contributed by atoms with E-state index >= 15 is 14.4 Å². The molecule has 7 rings (SSSR count). The second-order valence-electron chi connectivity index (χ2n) is 23.1. The molecular formula is C62H85NO17Si2. The Morgan fingerprint density at radius 2 is 1.30 bits per heavy atom. The molecule has 1 aliphatic heterocycles. The van der Waals surface area contributed by atoms with Crippen LogP contribution in [0.15, 0.2) is 83.9 Å². The maximum absolute atomic E-state index is 16.8. The number of nitrogens with one attached hydrogen (secondary N) is 1. The predicted molar refractivity (Wildman–Crippen MR) is 309 cm³/mol. The van der Waals surface area contributed by atoms with E-state index in [1.165, 1.54) is 47.3 Å². The lowest BCUT2D eigenvalue weighted by Crippen LogP contribution is -2.82. The molecule has 2 saturated carbocycles. The average molecular weight is 1170 g/mol. The first-order chi connectivity index (χ1) is 38.8. The normalized spacial score (nSPS) is 27.3. The Morgan fingerprint density at radius 3 is 1.79 bits per heavy atom. The van der Waals surface area contributed by atoms with E-state index in [0.717, 1.165) is 0 Å². The quantitative estimate of drug-likeness (QED) is 0.0390. The molecule has 1 amide bonds. The van der Waals surface area contributed by atoms with E-state index in [0.29, 0.717) is 47.4 Å². The van der Waals surface area contributed by atoms with Gasteiger partial charge in [0.05, 0.1) is 57.0 Å². The molecule has 448 valence electrons. The molecule has 1 heterocycles. The minimum atomic E-state index is -2.80. The average Bonchev–Trinajstić information content (AvgIpc) is 1.21. The maximum atomic E-state index is 16.8. The molecule has 3 aliphatic carbocycles. The van der Waals surface area contributed by atoms with Crippen molar-refractivity contribution in [3.05, 3.63) is 101 Å². The van der Waals surface area contributed by atoms with Crippen molar-refractivity contribution in [2.24, 2.45) is 16.7 Å². The van der Waals surface area contributed by atoms with E-state index in [4.69, 9.17) is 46.7 Å². The van der Waals surface area contributed by atoms with E-state index in [1.54, 1.807) is 82.3 Å². The number of Topliss-reactive ketones (excluding diaryl/α,β-unsaturated/α-hetero) is 1. The summed E-state index contributed by atoms with van der Waals surface area (Å²) in [4.78, 5) is 89.9. The van der Waals surface area contributed by atoms with Gasteiger partial charge in [-0.1, -0.05) is 104 Å². The number of fused-ring (bicyclic) bond motifs is 5. The molecule has 82 heavy (non-hydrogen) atoms. The minimum Gasteiger partial charge on any atom is -0.493 e. The summed E-state index contributed by atoms with van der Waals surface area (Å²) in [5.41, 5.74) is -6.65. The number of hydrogen-bond donors (Lipinski definition) is 2. The number of ether oxygens (including phenoxy) is 8. The molecule has 2 bridgehead atoms. The molecule has 1 saturated heterocycles. The van der Waals surface area contributed by atoms with Crippen LogP contribution in [-0.4, -0.2) is 133 Å². The first kappa shape index (κ1) is 63.7. The highest BCUT2D eigenvalue weighted by Crippen LogP contribution is 2.65. The monoisotopic (exact) mass is 1170 g/mol. The Labute approximate surface area is 484 Å². The topological polar surface area (TPSA) is 227 Å². The third kappa shape index (κ3) is 11.3. The van der Waals surface area contributed by atoms with Gasteiger partial charge >= 0.3 is 23.9 Å². The molecule has 0 radical (unpaired) electrons. The van der Waals surface area contributed by atoms with E-state index in [1.807, 2.05) is 47.6 Å². The standard InChI is InChI=1S/C62H85NO17Si2/c1-16-81(17-2,18-3)79-46-34-47-61(36-74-47,78-39(9)65)53-55(77-57(68)42-32-43(71-13)50(73-15)44(33-42)72-14)62(70)35-45(37(7)48(59(62,10)11)51(75-38(8)64)54(66)60(46,53)12)76-58(69)52(80-82(19-4,20-5)21-6)49(40-28-24-22-25-29-40)63-56(67)41-30-26-23-27-31-41/h22-33,45-47,49,51-53,55,70H,16-21,34-36H2,1-15H3,(H,63,67)/t45-,46-,47+,49-,51+,52+,53-,55-,60+,61-,62+/m0/s1. The Bertz CT molecular complexity index is 2830. The second-order valence-corrected chi connectivity index (χ2v) is 32.5. The van der Waals surface area contributed by atoms with E-state index in [2.05, 4.69) is 5.32 Å². The summed E-state index contributed by atoms with van der Waals surface area (Å²) >= 11 is 0. The summed E-state index contributed by atoms with van der Waals surface area (Å²) in [6.45, 7) is 20.9. The smallest absolute Gasteiger partial charge is 0.338 e. The third-order valence-corrected chi connectivity index (χ3v) is 28.2. The Kier molecular flexibility index (Phi) is 19.5. The van der Waals surface area contributed by atoms with Crippen LogP contribution in [0.3, 0.4) is 0 Å².